The first-order chi connectivity index (χ1) is 14.0. The zero-order valence-electron chi connectivity index (χ0n) is 15.7. The summed E-state index contributed by atoms with van der Waals surface area (Å²) in [6, 6.07) is 13.9. The van der Waals surface area contributed by atoms with Crippen LogP contribution in [-0.4, -0.2) is 36.0 Å². The number of urea groups is 1. The van der Waals surface area contributed by atoms with Gasteiger partial charge in [0.2, 0.25) is 0 Å². The van der Waals surface area contributed by atoms with Gasteiger partial charge >= 0.3 is 12.0 Å². The normalized spacial score (nSPS) is 14.8. The van der Waals surface area contributed by atoms with E-state index in [4.69, 9.17) is 9.47 Å². The summed E-state index contributed by atoms with van der Waals surface area (Å²) < 4.78 is 10.8. The number of amides is 3. The Morgan fingerprint density at radius 1 is 1.17 bits per heavy atom. The largest absolute Gasteiger partial charge is 0.481 e. The van der Waals surface area contributed by atoms with E-state index in [0.29, 0.717) is 15.8 Å². The van der Waals surface area contributed by atoms with E-state index in [-0.39, 0.29) is 25.5 Å². The molecule has 0 spiro atoms. The molecule has 29 heavy (non-hydrogen) atoms. The van der Waals surface area contributed by atoms with Gasteiger partial charge in [0.25, 0.3) is 5.91 Å². The van der Waals surface area contributed by atoms with E-state index < -0.39 is 17.9 Å². The molecule has 0 unspecified atom stereocenters. The van der Waals surface area contributed by atoms with Crippen molar-refractivity contribution in [3.63, 3.8) is 0 Å². The van der Waals surface area contributed by atoms with Crippen molar-refractivity contribution in [2.75, 3.05) is 13.2 Å². The fourth-order valence-electron chi connectivity index (χ4n) is 2.71. The second-order valence-electron chi connectivity index (χ2n) is 6.15. The summed E-state index contributed by atoms with van der Waals surface area (Å²) in [6.45, 7) is 2.01. The molecule has 2 aromatic carbocycles. The summed E-state index contributed by atoms with van der Waals surface area (Å²) in [7, 11) is 0. The highest BCUT2D eigenvalue weighted by Crippen LogP contribution is 2.27. The Labute approximate surface area is 176 Å². The molecule has 1 aliphatic rings. The van der Waals surface area contributed by atoms with Gasteiger partial charge in [-0.15, -0.1) is 0 Å². The molecular formula is C21H19BrN2O5. The van der Waals surface area contributed by atoms with Crippen LogP contribution in [0.4, 0.5) is 4.79 Å². The molecule has 0 radical (unpaired) electrons. The molecule has 3 amide bonds. The third kappa shape index (κ3) is 5.23. The topological polar surface area (TPSA) is 84.9 Å². The molecule has 0 atom stereocenters. The van der Waals surface area contributed by atoms with Crippen LogP contribution in [0, 0.1) is 0 Å². The van der Waals surface area contributed by atoms with Gasteiger partial charge in [-0.25, -0.2) is 9.59 Å². The number of benzene rings is 2. The van der Waals surface area contributed by atoms with Gasteiger partial charge in [0.05, 0.1) is 17.6 Å². The number of carbonyl (C=O) groups is 3. The molecule has 1 saturated heterocycles. The zero-order chi connectivity index (χ0) is 20.8. The number of rotatable bonds is 7. The van der Waals surface area contributed by atoms with Gasteiger partial charge in [0.1, 0.15) is 11.4 Å². The van der Waals surface area contributed by atoms with Crippen LogP contribution in [-0.2, 0) is 20.9 Å². The van der Waals surface area contributed by atoms with Crippen molar-refractivity contribution >= 4 is 39.9 Å². The maximum atomic E-state index is 12.6. The molecule has 1 heterocycles. The Morgan fingerprint density at radius 3 is 2.62 bits per heavy atom. The standard InChI is InChI=1S/C21H19BrN2O5/c1-2-28-19(25)13-29-18-9-8-15(10-16(18)22)11-17-20(26)24(21(27)23-17)12-14-6-4-3-5-7-14/h3-11H,2,12-13H2,1H3,(H,23,27)/b17-11+. The van der Waals surface area contributed by atoms with Crippen LogP contribution >= 0.6 is 15.9 Å². The quantitative estimate of drug-likeness (QED) is 0.390. The van der Waals surface area contributed by atoms with Crippen LogP contribution in [0.3, 0.4) is 0 Å². The van der Waals surface area contributed by atoms with Crippen LogP contribution in [0.2, 0.25) is 0 Å². The van der Waals surface area contributed by atoms with Crippen LogP contribution < -0.4 is 10.1 Å². The first-order valence-corrected chi connectivity index (χ1v) is 9.73. The van der Waals surface area contributed by atoms with Crippen molar-refractivity contribution in [3.8, 4) is 5.75 Å². The Bertz CT molecular complexity index is 959. The third-order valence-corrected chi connectivity index (χ3v) is 4.68. The van der Waals surface area contributed by atoms with Crippen LogP contribution in [0.15, 0.2) is 58.7 Å². The lowest BCUT2D eigenvalue weighted by molar-refractivity contribution is -0.145. The lowest BCUT2D eigenvalue weighted by atomic mass is 10.1. The number of hydrogen-bond donors (Lipinski definition) is 1. The highest BCUT2D eigenvalue weighted by Gasteiger charge is 2.33. The number of nitrogens with zero attached hydrogens (tertiary/aromatic N) is 1. The van der Waals surface area contributed by atoms with Gasteiger partial charge in [-0.1, -0.05) is 36.4 Å². The Balaban J connectivity index is 1.69. The smallest absolute Gasteiger partial charge is 0.344 e. The molecule has 0 bridgehead atoms. The summed E-state index contributed by atoms with van der Waals surface area (Å²) in [5.41, 5.74) is 1.74. The Kier molecular flexibility index (Phi) is 6.66. The molecule has 3 rings (SSSR count). The number of ether oxygens (including phenoxy) is 2. The lowest BCUT2D eigenvalue weighted by Crippen LogP contribution is -2.30. The second kappa shape index (κ2) is 9.38. The molecule has 0 aromatic heterocycles. The minimum Gasteiger partial charge on any atom is -0.481 e. The van der Waals surface area contributed by atoms with Gasteiger partial charge in [0, 0.05) is 0 Å². The molecule has 8 heteroatoms. The molecule has 1 aliphatic heterocycles. The highest BCUT2D eigenvalue weighted by molar-refractivity contribution is 9.10. The Hall–Kier alpha value is -3.13. The molecule has 1 N–H and O–H groups in total. The van der Waals surface area contributed by atoms with E-state index in [1.165, 1.54) is 0 Å². The molecule has 0 saturated carbocycles. The average molecular weight is 459 g/mol. The maximum Gasteiger partial charge on any atom is 0.344 e. The van der Waals surface area contributed by atoms with E-state index in [1.54, 1.807) is 31.2 Å². The minimum atomic E-state index is -0.460. The molecular weight excluding hydrogens is 440 g/mol. The van der Waals surface area contributed by atoms with Gasteiger partial charge < -0.3 is 14.8 Å². The van der Waals surface area contributed by atoms with E-state index in [2.05, 4.69) is 21.2 Å². The average Bonchev–Trinajstić information content (AvgIpc) is 2.96. The summed E-state index contributed by atoms with van der Waals surface area (Å²) in [6.07, 6.45) is 1.59. The van der Waals surface area contributed by atoms with Crippen molar-refractivity contribution in [1.82, 2.24) is 10.2 Å². The second-order valence-corrected chi connectivity index (χ2v) is 7.00. The summed E-state index contributed by atoms with van der Waals surface area (Å²) >= 11 is 3.38. The zero-order valence-corrected chi connectivity index (χ0v) is 17.3. The van der Waals surface area contributed by atoms with Crippen molar-refractivity contribution in [2.24, 2.45) is 0 Å². The van der Waals surface area contributed by atoms with E-state index in [9.17, 15) is 14.4 Å². The van der Waals surface area contributed by atoms with Gasteiger partial charge in [0.15, 0.2) is 6.61 Å². The van der Waals surface area contributed by atoms with Crippen LogP contribution in [0.1, 0.15) is 18.1 Å². The third-order valence-electron chi connectivity index (χ3n) is 4.06. The van der Waals surface area contributed by atoms with E-state index >= 15 is 0 Å². The molecule has 2 aromatic rings. The number of carbonyl (C=O) groups excluding carboxylic acids is 3. The molecule has 1 fully saturated rings. The predicted molar refractivity (Wildman–Crippen MR) is 110 cm³/mol. The minimum absolute atomic E-state index is 0.193. The SMILES string of the molecule is CCOC(=O)COc1ccc(/C=C2/NC(=O)N(Cc3ccccc3)C2=O)cc1Br. The molecule has 0 aliphatic carbocycles. The number of esters is 1. The number of imide groups is 1. The number of halogens is 1. The van der Waals surface area contributed by atoms with E-state index in [1.807, 2.05) is 30.3 Å². The lowest BCUT2D eigenvalue weighted by Gasteiger charge is -2.11. The van der Waals surface area contributed by atoms with Crippen molar-refractivity contribution in [2.45, 2.75) is 13.5 Å². The Morgan fingerprint density at radius 2 is 1.93 bits per heavy atom. The van der Waals surface area contributed by atoms with E-state index in [0.717, 1.165) is 10.5 Å². The van der Waals surface area contributed by atoms with Crippen molar-refractivity contribution in [1.29, 1.82) is 0 Å². The number of nitrogens with one attached hydrogen (secondary N) is 1. The van der Waals surface area contributed by atoms with Crippen molar-refractivity contribution < 1.29 is 23.9 Å². The fraction of sp³-hybridized carbons (Fsp3) is 0.190. The van der Waals surface area contributed by atoms with Gasteiger partial charge in [-0.2, -0.15) is 0 Å². The molecule has 7 nitrogen and oxygen atoms in total. The first-order valence-electron chi connectivity index (χ1n) is 8.94. The first kappa shape index (κ1) is 20.6. The van der Waals surface area contributed by atoms with Gasteiger partial charge in [-0.3, -0.25) is 9.69 Å². The highest BCUT2D eigenvalue weighted by atomic mass is 79.9. The number of hydrogen-bond acceptors (Lipinski definition) is 5. The monoisotopic (exact) mass is 458 g/mol. The fourth-order valence-corrected chi connectivity index (χ4v) is 3.22. The maximum absolute atomic E-state index is 12.6. The van der Waals surface area contributed by atoms with Crippen LogP contribution in [0.5, 0.6) is 5.75 Å². The van der Waals surface area contributed by atoms with Crippen LogP contribution in [0.25, 0.3) is 6.08 Å². The molecule has 150 valence electrons. The summed E-state index contributed by atoms with van der Waals surface area (Å²) in [5.74, 6) is -0.381. The predicted octanol–water partition coefficient (Wildman–Crippen LogP) is 3.48. The summed E-state index contributed by atoms with van der Waals surface area (Å²) in [5, 5.41) is 2.60. The van der Waals surface area contributed by atoms with Gasteiger partial charge in [-0.05, 0) is 52.2 Å². The van der Waals surface area contributed by atoms with Crippen molar-refractivity contribution in [3.05, 3.63) is 69.8 Å². The summed E-state index contributed by atoms with van der Waals surface area (Å²) in [4.78, 5) is 37.4.